The van der Waals surface area contributed by atoms with Crippen molar-refractivity contribution in [1.82, 2.24) is 5.43 Å². The van der Waals surface area contributed by atoms with E-state index in [1.165, 1.54) is 0 Å². The molecule has 2 aromatic rings. The topological polar surface area (TPSA) is 63.2 Å². The van der Waals surface area contributed by atoms with Gasteiger partial charge in [-0.1, -0.05) is 0 Å². The van der Waals surface area contributed by atoms with Gasteiger partial charge < -0.3 is 14.4 Å². The predicted octanol–water partition coefficient (Wildman–Crippen LogP) is 3.92. The Kier molecular flexibility index (Phi) is 7.90. The van der Waals surface area contributed by atoms with Crippen LogP contribution in [0.25, 0.3) is 0 Å². The highest BCUT2D eigenvalue weighted by Crippen LogP contribution is 2.25. The minimum absolute atomic E-state index is 0.306. The number of hydrogen-bond acceptors (Lipinski definition) is 5. The second-order valence-corrected chi connectivity index (χ2v) is 6.81. The summed E-state index contributed by atoms with van der Waals surface area (Å²) in [6, 6.07) is 11.2. The van der Waals surface area contributed by atoms with E-state index in [-0.39, 0.29) is 5.91 Å². The summed E-state index contributed by atoms with van der Waals surface area (Å²) in [6.45, 7) is 6.06. The highest BCUT2D eigenvalue weighted by molar-refractivity contribution is 14.1. The molecule has 6 nitrogen and oxygen atoms in total. The molecular formula is C20H24IN3O3. The van der Waals surface area contributed by atoms with E-state index >= 15 is 0 Å². The number of methoxy groups -OCH3 is 2. The summed E-state index contributed by atoms with van der Waals surface area (Å²) in [5.41, 5.74) is 4.89. The number of amides is 1. The molecule has 0 atom stereocenters. The van der Waals surface area contributed by atoms with Crippen LogP contribution in [0.4, 0.5) is 5.69 Å². The molecule has 0 aromatic heterocycles. The first kappa shape index (κ1) is 21.0. The van der Waals surface area contributed by atoms with E-state index in [4.69, 9.17) is 9.47 Å². The van der Waals surface area contributed by atoms with Crippen molar-refractivity contribution in [3.05, 3.63) is 51.1 Å². The van der Waals surface area contributed by atoms with E-state index in [0.717, 1.165) is 27.9 Å². The largest absolute Gasteiger partial charge is 0.496 e. The molecule has 2 rings (SSSR count). The number of rotatable bonds is 8. The fraction of sp³-hybridized carbons (Fsp3) is 0.300. The molecule has 0 saturated heterocycles. The summed E-state index contributed by atoms with van der Waals surface area (Å²) in [5.74, 6) is 1.05. The Balaban J connectivity index is 2.12. The molecule has 0 spiro atoms. The Morgan fingerprint density at radius 1 is 1.11 bits per heavy atom. The van der Waals surface area contributed by atoms with Crippen LogP contribution in [0.15, 0.2) is 41.5 Å². The molecule has 0 saturated carbocycles. The Labute approximate surface area is 173 Å². The smallest absolute Gasteiger partial charge is 0.271 e. The zero-order valence-corrected chi connectivity index (χ0v) is 18.1. The van der Waals surface area contributed by atoms with Gasteiger partial charge in [-0.25, -0.2) is 5.43 Å². The van der Waals surface area contributed by atoms with Crippen LogP contribution >= 0.6 is 22.6 Å². The Morgan fingerprint density at radius 3 is 2.44 bits per heavy atom. The standard InChI is InChI=1S/C20H24IN3O3/c1-5-24(6-2)16-9-7-15(18(12-16)26-3)13-22-23-20(25)14-8-10-17(21)19(11-14)27-4/h7-13H,5-6H2,1-4H3,(H,23,25). The van der Waals surface area contributed by atoms with Crippen LogP contribution in [0.2, 0.25) is 0 Å². The van der Waals surface area contributed by atoms with E-state index in [1.807, 2.05) is 24.3 Å². The van der Waals surface area contributed by atoms with Gasteiger partial charge in [-0.15, -0.1) is 0 Å². The van der Waals surface area contributed by atoms with Crippen molar-refractivity contribution in [3.8, 4) is 11.5 Å². The molecule has 0 fully saturated rings. The summed E-state index contributed by atoms with van der Waals surface area (Å²) in [4.78, 5) is 14.5. The number of hydrazone groups is 1. The van der Waals surface area contributed by atoms with Crippen LogP contribution < -0.4 is 19.8 Å². The Bertz CT molecular complexity index is 820. The third kappa shape index (κ3) is 5.35. The SMILES string of the molecule is CCN(CC)c1ccc(C=NNC(=O)c2ccc(I)c(OC)c2)c(OC)c1. The second kappa shape index (κ2) is 10.1. The zero-order valence-electron chi connectivity index (χ0n) is 16.0. The quantitative estimate of drug-likeness (QED) is 0.353. The summed E-state index contributed by atoms with van der Waals surface area (Å²) in [5, 5.41) is 4.06. The van der Waals surface area contributed by atoms with E-state index in [1.54, 1.807) is 32.6 Å². The van der Waals surface area contributed by atoms with Crippen LogP contribution in [0, 0.1) is 3.57 Å². The van der Waals surface area contributed by atoms with Crippen molar-refractivity contribution in [2.75, 3.05) is 32.2 Å². The fourth-order valence-corrected chi connectivity index (χ4v) is 3.17. The fourth-order valence-electron chi connectivity index (χ4n) is 2.62. The van der Waals surface area contributed by atoms with Gasteiger partial charge >= 0.3 is 0 Å². The molecule has 0 bridgehead atoms. The number of carbonyl (C=O) groups excluding carboxylic acids is 1. The van der Waals surface area contributed by atoms with Crippen LogP contribution in [0.1, 0.15) is 29.8 Å². The highest BCUT2D eigenvalue weighted by Gasteiger charge is 2.09. The van der Waals surface area contributed by atoms with E-state index < -0.39 is 0 Å². The van der Waals surface area contributed by atoms with Gasteiger partial charge in [-0.05, 0) is 66.8 Å². The van der Waals surface area contributed by atoms with Crippen LogP contribution in [-0.4, -0.2) is 39.4 Å². The number of ether oxygens (including phenoxy) is 2. The highest BCUT2D eigenvalue weighted by atomic mass is 127. The molecule has 1 amide bonds. The van der Waals surface area contributed by atoms with Gasteiger partial charge in [-0.3, -0.25) is 4.79 Å². The average molecular weight is 481 g/mol. The number of nitrogens with one attached hydrogen (secondary N) is 1. The van der Waals surface area contributed by atoms with Crippen molar-refractivity contribution >= 4 is 40.4 Å². The van der Waals surface area contributed by atoms with Crippen LogP contribution in [-0.2, 0) is 0 Å². The molecule has 27 heavy (non-hydrogen) atoms. The summed E-state index contributed by atoms with van der Waals surface area (Å²) in [6.07, 6.45) is 1.58. The lowest BCUT2D eigenvalue weighted by molar-refractivity contribution is 0.0954. The zero-order chi connectivity index (χ0) is 19.8. The summed E-state index contributed by atoms with van der Waals surface area (Å²) in [7, 11) is 3.20. The van der Waals surface area contributed by atoms with Gasteiger partial charge in [0.05, 0.1) is 24.0 Å². The monoisotopic (exact) mass is 481 g/mol. The molecule has 0 unspecified atom stereocenters. The molecule has 0 aliphatic carbocycles. The molecule has 7 heteroatoms. The lowest BCUT2D eigenvalue weighted by Gasteiger charge is -2.21. The van der Waals surface area contributed by atoms with Gasteiger partial charge in [0, 0.05) is 36.0 Å². The Hall–Kier alpha value is -2.29. The van der Waals surface area contributed by atoms with Gasteiger partial charge in [0.2, 0.25) is 0 Å². The number of nitrogens with zero attached hydrogens (tertiary/aromatic N) is 2. The second-order valence-electron chi connectivity index (χ2n) is 5.65. The van der Waals surface area contributed by atoms with Gasteiger partial charge in [0.1, 0.15) is 11.5 Å². The van der Waals surface area contributed by atoms with Crippen molar-refractivity contribution < 1.29 is 14.3 Å². The minimum Gasteiger partial charge on any atom is -0.496 e. The van der Waals surface area contributed by atoms with Gasteiger partial charge in [0.15, 0.2) is 0 Å². The number of anilines is 1. The average Bonchev–Trinajstić information content (AvgIpc) is 2.69. The van der Waals surface area contributed by atoms with E-state index in [0.29, 0.717) is 17.1 Å². The minimum atomic E-state index is -0.306. The lowest BCUT2D eigenvalue weighted by Crippen LogP contribution is -2.21. The first-order valence-corrected chi connectivity index (χ1v) is 9.71. The molecule has 0 aliphatic rings. The van der Waals surface area contributed by atoms with Gasteiger partial charge in [0.25, 0.3) is 5.91 Å². The van der Waals surface area contributed by atoms with Crippen molar-refractivity contribution in [2.24, 2.45) is 5.10 Å². The predicted molar refractivity (Wildman–Crippen MR) is 117 cm³/mol. The molecule has 1 N–H and O–H groups in total. The van der Waals surface area contributed by atoms with Crippen molar-refractivity contribution in [3.63, 3.8) is 0 Å². The third-order valence-electron chi connectivity index (χ3n) is 4.13. The summed E-state index contributed by atoms with van der Waals surface area (Å²) >= 11 is 2.15. The third-order valence-corrected chi connectivity index (χ3v) is 5.02. The number of hydrogen-bond donors (Lipinski definition) is 1. The van der Waals surface area contributed by atoms with Gasteiger partial charge in [-0.2, -0.15) is 5.10 Å². The number of halogens is 1. The maximum absolute atomic E-state index is 12.3. The lowest BCUT2D eigenvalue weighted by atomic mass is 10.2. The van der Waals surface area contributed by atoms with Crippen molar-refractivity contribution in [1.29, 1.82) is 0 Å². The van der Waals surface area contributed by atoms with E-state index in [2.05, 4.69) is 51.9 Å². The number of benzene rings is 2. The Morgan fingerprint density at radius 2 is 1.81 bits per heavy atom. The maximum Gasteiger partial charge on any atom is 0.271 e. The van der Waals surface area contributed by atoms with Crippen molar-refractivity contribution in [2.45, 2.75) is 13.8 Å². The molecule has 0 aliphatic heterocycles. The maximum atomic E-state index is 12.3. The molecule has 2 aromatic carbocycles. The first-order valence-electron chi connectivity index (χ1n) is 8.63. The molecule has 144 valence electrons. The number of carbonyl (C=O) groups is 1. The van der Waals surface area contributed by atoms with Crippen LogP contribution in [0.3, 0.4) is 0 Å². The molecule has 0 radical (unpaired) electrons. The molecular weight excluding hydrogens is 457 g/mol. The first-order chi connectivity index (χ1) is 13.0. The summed E-state index contributed by atoms with van der Waals surface area (Å²) < 4.78 is 11.6. The normalized spacial score (nSPS) is 10.7. The van der Waals surface area contributed by atoms with Crippen LogP contribution in [0.5, 0.6) is 11.5 Å². The van der Waals surface area contributed by atoms with E-state index in [9.17, 15) is 4.79 Å². The molecule has 0 heterocycles.